The second-order valence-electron chi connectivity index (χ2n) is 6.91. The second-order valence-corrected chi connectivity index (χ2v) is 6.91. The average molecular weight is 281 g/mol. The molecule has 1 heterocycles. The molecule has 1 atom stereocenters. The van der Waals surface area contributed by atoms with E-state index >= 15 is 0 Å². The minimum atomic E-state index is -0.446. The highest BCUT2D eigenvalue weighted by atomic mass is 16.3. The van der Waals surface area contributed by atoms with Crippen LogP contribution >= 0.6 is 0 Å². The molecule has 0 bridgehead atoms. The molecule has 1 unspecified atom stereocenters. The van der Waals surface area contributed by atoms with Crippen LogP contribution in [-0.4, -0.2) is 34.5 Å². The lowest BCUT2D eigenvalue weighted by atomic mass is 9.79. The molecule has 114 valence electrons. The van der Waals surface area contributed by atoms with Gasteiger partial charge in [0.2, 0.25) is 11.8 Å². The number of carbonyl (C=O) groups is 2. The summed E-state index contributed by atoms with van der Waals surface area (Å²) in [6.45, 7) is 3.98. The molecule has 0 aromatic heterocycles. The smallest absolute Gasteiger partial charge is 0.236 e. The van der Waals surface area contributed by atoms with Crippen LogP contribution in [0.5, 0.6) is 0 Å². The number of nitrogens with zero attached hydrogens (tertiary/aromatic N) is 1. The number of aliphatic hydroxyl groups excluding tert-OH is 1. The number of carbonyl (C=O) groups excluding carboxylic acids is 2. The van der Waals surface area contributed by atoms with Gasteiger partial charge >= 0.3 is 0 Å². The Morgan fingerprint density at radius 2 is 1.75 bits per heavy atom. The fourth-order valence-corrected chi connectivity index (χ4v) is 3.79. The Balaban J connectivity index is 2.18. The van der Waals surface area contributed by atoms with Gasteiger partial charge in [0, 0.05) is 6.42 Å². The predicted octanol–water partition coefficient (Wildman–Crippen LogP) is 2.49. The van der Waals surface area contributed by atoms with Crippen molar-refractivity contribution in [2.24, 2.45) is 11.3 Å². The van der Waals surface area contributed by atoms with Crippen molar-refractivity contribution in [2.75, 3.05) is 6.61 Å². The normalized spacial score (nSPS) is 24.5. The van der Waals surface area contributed by atoms with Gasteiger partial charge in [-0.15, -0.1) is 0 Å². The first-order chi connectivity index (χ1) is 9.50. The van der Waals surface area contributed by atoms with Gasteiger partial charge in [-0.3, -0.25) is 14.5 Å². The van der Waals surface area contributed by atoms with E-state index in [2.05, 4.69) is 13.8 Å². The third-order valence-corrected chi connectivity index (χ3v) is 4.81. The van der Waals surface area contributed by atoms with Gasteiger partial charge < -0.3 is 5.11 Å². The van der Waals surface area contributed by atoms with Crippen molar-refractivity contribution in [1.82, 2.24) is 4.90 Å². The van der Waals surface area contributed by atoms with E-state index in [1.165, 1.54) is 17.7 Å². The molecule has 0 aromatic rings. The Morgan fingerprint density at radius 3 is 2.25 bits per heavy atom. The number of amides is 2. The van der Waals surface area contributed by atoms with E-state index < -0.39 is 5.41 Å². The summed E-state index contributed by atoms with van der Waals surface area (Å²) in [7, 11) is 0. The summed E-state index contributed by atoms with van der Waals surface area (Å²) in [4.78, 5) is 26.6. The van der Waals surface area contributed by atoms with Crippen molar-refractivity contribution >= 4 is 11.8 Å². The zero-order valence-corrected chi connectivity index (χ0v) is 12.7. The molecule has 1 aliphatic carbocycles. The lowest BCUT2D eigenvalue weighted by Crippen LogP contribution is -2.45. The molecule has 4 nitrogen and oxygen atoms in total. The first-order valence-corrected chi connectivity index (χ1v) is 7.97. The second kappa shape index (κ2) is 6.25. The van der Waals surface area contributed by atoms with Crippen LogP contribution in [0.4, 0.5) is 0 Å². The fraction of sp³-hybridized carbons (Fsp3) is 0.875. The lowest BCUT2D eigenvalue weighted by Gasteiger charge is -2.29. The minimum Gasteiger partial charge on any atom is -0.394 e. The molecule has 0 aromatic carbocycles. The molecular formula is C16H27NO3. The maximum Gasteiger partial charge on any atom is 0.236 e. The van der Waals surface area contributed by atoms with Gasteiger partial charge in [-0.1, -0.05) is 39.5 Å². The van der Waals surface area contributed by atoms with Crippen LogP contribution in [-0.2, 0) is 9.59 Å². The molecule has 1 aliphatic heterocycles. The Hall–Kier alpha value is -0.900. The molecular weight excluding hydrogens is 254 g/mol. The molecule has 2 fully saturated rings. The summed E-state index contributed by atoms with van der Waals surface area (Å²) in [5.74, 6) is 0.277. The van der Waals surface area contributed by atoms with Gasteiger partial charge in [-0.05, 0) is 25.2 Å². The average Bonchev–Trinajstić information content (AvgIpc) is 2.58. The van der Waals surface area contributed by atoms with E-state index in [0.29, 0.717) is 18.8 Å². The molecule has 1 saturated heterocycles. The standard InChI is InChI=1S/C16H27NO3/c1-12(2)9-13(11-18)17-14(19)10-16(15(17)20)7-5-3-4-6-8-16/h12-13,18H,3-11H2,1-2H3. The number of rotatable bonds is 4. The summed E-state index contributed by atoms with van der Waals surface area (Å²) >= 11 is 0. The van der Waals surface area contributed by atoms with Crippen molar-refractivity contribution in [2.45, 2.75) is 71.3 Å². The number of imide groups is 1. The fourth-order valence-electron chi connectivity index (χ4n) is 3.79. The van der Waals surface area contributed by atoms with Gasteiger partial charge in [0.25, 0.3) is 0 Å². The topological polar surface area (TPSA) is 57.6 Å². The van der Waals surface area contributed by atoms with E-state index in [1.807, 2.05) is 0 Å². The minimum absolute atomic E-state index is 0.0101. The Morgan fingerprint density at radius 1 is 1.15 bits per heavy atom. The quantitative estimate of drug-likeness (QED) is 0.805. The Bertz CT molecular complexity index is 370. The predicted molar refractivity (Wildman–Crippen MR) is 76.9 cm³/mol. The molecule has 20 heavy (non-hydrogen) atoms. The van der Waals surface area contributed by atoms with Gasteiger partial charge in [0.1, 0.15) is 0 Å². The highest BCUT2D eigenvalue weighted by Gasteiger charge is 2.52. The highest BCUT2D eigenvalue weighted by molar-refractivity contribution is 6.06. The monoisotopic (exact) mass is 281 g/mol. The molecule has 0 radical (unpaired) electrons. The number of aliphatic hydroxyl groups is 1. The van der Waals surface area contributed by atoms with Crippen molar-refractivity contribution in [3.8, 4) is 0 Å². The van der Waals surface area contributed by atoms with Crippen LogP contribution in [0.1, 0.15) is 65.2 Å². The summed E-state index contributed by atoms with van der Waals surface area (Å²) in [6, 6.07) is -0.336. The number of hydrogen-bond donors (Lipinski definition) is 1. The molecule has 4 heteroatoms. The van der Waals surface area contributed by atoms with Crippen LogP contribution in [0.15, 0.2) is 0 Å². The largest absolute Gasteiger partial charge is 0.394 e. The van der Waals surface area contributed by atoms with Gasteiger partial charge in [0.05, 0.1) is 18.1 Å². The van der Waals surface area contributed by atoms with Crippen molar-refractivity contribution in [3.63, 3.8) is 0 Å². The van der Waals surface area contributed by atoms with E-state index in [1.54, 1.807) is 0 Å². The van der Waals surface area contributed by atoms with Crippen molar-refractivity contribution in [3.05, 3.63) is 0 Å². The maximum atomic E-state index is 12.8. The van der Waals surface area contributed by atoms with Gasteiger partial charge in [0.15, 0.2) is 0 Å². The first kappa shape index (κ1) is 15.5. The van der Waals surface area contributed by atoms with Crippen molar-refractivity contribution in [1.29, 1.82) is 0 Å². The van der Waals surface area contributed by atoms with Crippen LogP contribution in [0, 0.1) is 11.3 Å². The van der Waals surface area contributed by atoms with Crippen LogP contribution < -0.4 is 0 Å². The van der Waals surface area contributed by atoms with Crippen LogP contribution in [0.2, 0.25) is 0 Å². The zero-order chi connectivity index (χ0) is 14.8. The van der Waals surface area contributed by atoms with Gasteiger partial charge in [-0.25, -0.2) is 0 Å². The van der Waals surface area contributed by atoms with Gasteiger partial charge in [-0.2, -0.15) is 0 Å². The van der Waals surface area contributed by atoms with Crippen LogP contribution in [0.25, 0.3) is 0 Å². The number of hydrogen-bond acceptors (Lipinski definition) is 3. The summed E-state index contributed by atoms with van der Waals surface area (Å²) < 4.78 is 0. The highest BCUT2D eigenvalue weighted by Crippen LogP contribution is 2.45. The third-order valence-electron chi connectivity index (χ3n) is 4.81. The Kier molecular flexibility index (Phi) is 4.84. The summed E-state index contributed by atoms with van der Waals surface area (Å²) in [6.07, 6.45) is 7.14. The van der Waals surface area contributed by atoms with E-state index in [-0.39, 0.29) is 24.5 Å². The first-order valence-electron chi connectivity index (χ1n) is 7.97. The van der Waals surface area contributed by atoms with E-state index in [9.17, 15) is 14.7 Å². The molecule has 2 amide bonds. The lowest BCUT2D eigenvalue weighted by molar-refractivity contribution is -0.145. The summed E-state index contributed by atoms with van der Waals surface area (Å²) in [5.41, 5.74) is -0.446. The zero-order valence-electron chi connectivity index (χ0n) is 12.7. The SMILES string of the molecule is CC(C)CC(CO)N1C(=O)CC2(CCCCCC2)C1=O. The molecule has 1 saturated carbocycles. The summed E-state index contributed by atoms with van der Waals surface area (Å²) in [5, 5.41) is 9.57. The van der Waals surface area contributed by atoms with Crippen LogP contribution in [0.3, 0.4) is 0 Å². The molecule has 2 rings (SSSR count). The van der Waals surface area contributed by atoms with E-state index in [0.717, 1.165) is 25.7 Å². The maximum absolute atomic E-state index is 12.8. The number of likely N-dealkylation sites (tertiary alicyclic amines) is 1. The van der Waals surface area contributed by atoms with Crippen molar-refractivity contribution < 1.29 is 14.7 Å². The Labute approximate surface area is 121 Å². The molecule has 1 spiro atoms. The third kappa shape index (κ3) is 2.90. The van der Waals surface area contributed by atoms with E-state index in [4.69, 9.17) is 0 Å². The molecule has 2 aliphatic rings. The molecule has 1 N–H and O–H groups in total.